The summed E-state index contributed by atoms with van der Waals surface area (Å²) >= 11 is 3.23. The molecule has 3 aromatic rings. The first-order chi connectivity index (χ1) is 13.7. The molecule has 1 aromatic carbocycles. The van der Waals surface area contributed by atoms with Crippen LogP contribution in [0.5, 0.6) is 0 Å². The summed E-state index contributed by atoms with van der Waals surface area (Å²) in [5, 5.41) is 14.4. The number of amides is 2. The summed E-state index contributed by atoms with van der Waals surface area (Å²) in [5.41, 5.74) is 1.71. The lowest BCUT2D eigenvalue weighted by Crippen LogP contribution is -2.29. The summed E-state index contributed by atoms with van der Waals surface area (Å²) < 4.78 is 2.62. The van der Waals surface area contributed by atoms with Crippen LogP contribution in [0.3, 0.4) is 0 Å². The number of urea groups is 1. The number of aryl methyl sites for hydroxylation is 2. The number of hydrogen-bond donors (Lipinski definition) is 2. The van der Waals surface area contributed by atoms with Crippen LogP contribution in [-0.4, -0.2) is 20.6 Å². The number of nitrogens with zero attached hydrogens (tertiary/aromatic N) is 4. The lowest BCUT2D eigenvalue weighted by molar-refractivity contribution is 0.251. The monoisotopic (exact) mass is 438 g/mol. The molecule has 0 fully saturated rings. The molecular formula is C20H19BrN6O. The lowest BCUT2D eigenvalue weighted by Gasteiger charge is -2.10. The maximum atomic E-state index is 12.1. The van der Waals surface area contributed by atoms with Gasteiger partial charge in [0, 0.05) is 25.1 Å². The number of pyridine rings is 1. The number of carbonyl (C=O) groups is 1. The average Bonchev–Trinajstić information content (AvgIpc) is 3.16. The summed E-state index contributed by atoms with van der Waals surface area (Å²) in [6, 6.07) is 13.5. The molecule has 0 atom stereocenters. The molecule has 8 heteroatoms. The van der Waals surface area contributed by atoms with Crippen molar-refractivity contribution < 1.29 is 4.79 Å². The van der Waals surface area contributed by atoms with Crippen molar-refractivity contribution in [2.24, 2.45) is 0 Å². The van der Waals surface area contributed by atoms with E-state index in [0.29, 0.717) is 22.4 Å². The van der Waals surface area contributed by atoms with Gasteiger partial charge in [0.05, 0.1) is 16.6 Å². The van der Waals surface area contributed by atoms with Crippen LogP contribution in [0.4, 0.5) is 10.6 Å². The van der Waals surface area contributed by atoms with Crippen molar-refractivity contribution in [1.29, 1.82) is 5.26 Å². The van der Waals surface area contributed by atoms with E-state index in [2.05, 4.69) is 48.7 Å². The summed E-state index contributed by atoms with van der Waals surface area (Å²) in [5.74, 6) is 1.09. The number of carbonyl (C=O) groups excluding carboxylic acids is 1. The summed E-state index contributed by atoms with van der Waals surface area (Å²) in [6.07, 6.45) is 7.10. The van der Waals surface area contributed by atoms with Crippen LogP contribution >= 0.6 is 15.9 Å². The molecule has 2 N–H and O–H groups in total. The molecule has 2 aromatic heterocycles. The smallest absolute Gasteiger partial charge is 0.320 e. The zero-order valence-corrected chi connectivity index (χ0v) is 16.7. The fraction of sp³-hybridized carbons (Fsp3) is 0.200. The fourth-order valence-corrected chi connectivity index (χ4v) is 3.03. The quantitative estimate of drug-likeness (QED) is 0.584. The predicted octanol–water partition coefficient (Wildman–Crippen LogP) is 3.87. The second kappa shape index (κ2) is 9.67. The van der Waals surface area contributed by atoms with Gasteiger partial charge in [-0.15, -0.1) is 0 Å². The second-order valence-electron chi connectivity index (χ2n) is 6.09. The van der Waals surface area contributed by atoms with E-state index in [0.717, 1.165) is 25.2 Å². The molecule has 0 radical (unpaired) electrons. The van der Waals surface area contributed by atoms with Crippen molar-refractivity contribution in [3.8, 4) is 6.07 Å². The Morgan fingerprint density at radius 2 is 2.07 bits per heavy atom. The van der Waals surface area contributed by atoms with Gasteiger partial charge in [-0.25, -0.2) is 14.8 Å². The highest BCUT2D eigenvalue weighted by molar-refractivity contribution is 9.10. The molecule has 0 aliphatic rings. The Bertz CT molecular complexity index is 980. The van der Waals surface area contributed by atoms with Gasteiger partial charge in [0.1, 0.15) is 17.7 Å². The van der Waals surface area contributed by atoms with Gasteiger partial charge in [-0.1, -0.05) is 30.3 Å². The Balaban J connectivity index is 1.49. The van der Waals surface area contributed by atoms with Crippen molar-refractivity contribution >= 4 is 27.8 Å². The maximum Gasteiger partial charge on any atom is 0.320 e. The first kappa shape index (κ1) is 19.6. The summed E-state index contributed by atoms with van der Waals surface area (Å²) in [7, 11) is 0. The number of benzene rings is 1. The topological polar surface area (TPSA) is 95.6 Å². The number of rotatable bonds is 7. The Morgan fingerprint density at radius 3 is 2.86 bits per heavy atom. The molecule has 0 spiro atoms. The van der Waals surface area contributed by atoms with Crippen molar-refractivity contribution in [3.63, 3.8) is 0 Å². The van der Waals surface area contributed by atoms with Crippen LogP contribution in [0.1, 0.15) is 23.4 Å². The number of anilines is 1. The fourth-order valence-electron chi connectivity index (χ4n) is 2.72. The number of nitrogens with one attached hydrogen (secondary N) is 2. The van der Waals surface area contributed by atoms with Crippen molar-refractivity contribution in [2.45, 2.75) is 25.9 Å². The van der Waals surface area contributed by atoms with E-state index in [-0.39, 0.29) is 0 Å². The average molecular weight is 439 g/mol. The van der Waals surface area contributed by atoms with Gasteiger partial charge in [0.15, 0.2) is 0 Å². The molecule has 3 rings (SSSR count). The standard InChI is InChI=1S/C20H19BrN6O/c21-17-13-24-18(11-16(17)12-22)26-20(28)25-14-19-23-8-10-27(19)9-4-7-15-5-2-1-3-6-15/h1-3,5-6,8,10-11,13H,4,7,9,14H2,(H2,24,25,26,28). The molecule has 2 heterocycles. The summed E-state index contributed by atoms with van der Waals surface area (Å²) in [4.78, 5) is 20.5. The third kappa shape index (κ3) is 5.41. The van der Waals surface area contributed by atoms with Gasteiger partial charge in [0.2, 0.25) is 0 Å². The number of nitriles is 1. The zero-order chi connectivity index (χ0) is 19.8. The molecule has 28 heavy (non-hydrogen) atoms. The maximum absolute atomic E-state index is 12.1. The van der Waals surface area contributed by atoms with Gasteiger partial charge >= 0.3 is 6.03 Å². The van der Waals surface area contributed by atoms with E-state index in [1.54, 1.807) is 6.20 Å². The SMILES string of the molecule is N#Cc1cc(NC(=O)NCc2nccn2CCCc2ccccc2)ncc1Br. The number of hydrogen-bond acceptors (Lipinski definition) is 4. The number of aromatic nitrogens is 3. The third-order valence-electron chi connectivity index (χ3n) is 4.13. The van der Waals surface area contributed by atoms with E-state index in [9.17, 15) is 4.79 Å². The van der Waals surface area contributed by atoms with E-state index >= 15 is 0 Å². The highest BCUT2D eigenvalue weighted by atomic mass is 79.9. The highest BCUT2D eigenvalue weighted by Gasteiger charge is 2.08. The minimum atomic E-state index is -0.405. The first-order valence-corrected chi connectivity index (χ1v) is 9.59. The molecule has 7 nitrogen and oxygen atoms in total. The Labute approximate surface area is 171 Å². The Hall–Kier alpha value is -3.18. The van der Waals surface area contributed by atoms with E-state index < -0.39 is 6.03 Å². The minimum absolute atomic E-state index is 0.297. The van der Waals surface area contributed by atoms with E-state index in [1.165, 1.54) is 17.8 Å². The van der Waals surface area contributed by atoms with Gasteiger partial charge in [-0.05, 0) is 40.4 Å². The van der Waals surface area contributed by atoms with Gasteiger partial charge < -0.3 is 9.88 Å². The van der Waals surface area contributed by atoms with Crippen LogP contribution < -0.4 is 10.6 Å². The molecule has 0 unspecified atom stereocenters. The van der Waals surface area contributed by atoms with Crippen LogP contribution in [-0.2, 0) is 19.5 Å². The van der Waals surface area contributed by atoms with Gasteiger partial charge in [-0.3, -0.25) is 5.32 Å². The van der Waals surface area contributed by atoms with E-state index in [1.807, 2.05) is 35.0 Å². The number of imidazole rings is 1. The van der Waals surface area contributed by atoms with Crippen LogP contribution in [0.2, 0.25) is 0 Å². The van der Waals surface area contributed by atoms with Gasteiger partial charge in [-0.2, -0.15) is 5.26 Å². The first-order valence-electron chi connectivity index (χ1n) is 8.80. The predicted molar refractivity (Wildman–Crippen MR) is 110 cm³/mol. The van der Waals surface area contributed by atoms with E-state index in [4.69, 9.17) is 5.26 Å². The molecule has 0 saturated carbocycles. The second-order valence-corrected chi connectivity index (χ2v) is 6.95. The molecule has 2 amide bonds. The molecule has 0 bridgehead atoms. The molecule has 0 aliphatic carbocycles. The van der Waals surface area contributed by atoms with Crippen LogP contribution in [0.15, 0.2) is 59.5 Å². The van der Waals surface area contributed by atoms with Crippen molar-refractivity contribution in [3.05, 3.63) is 76.4 Å². The molecule has 142 valence electrons. The zero-order valence-electron chi connectivity index (χ0n) is 15.1. The Morgan fingerprint density at radius 1 is 1.25 bits per heavy atom. The van der Waals surface area contributed by atoms with Crippen molar-refractivity contribution in [1.82, 2.24) is 19.9 Å². The third-order valence-corrected chi connectivity index (χ3v) is 4.77. The Kier molecular flexibility index (Phi) is 6.76. The summed E-state index contributed by atoms with van der Waals surface area (Å²) in [6.45, 7) is 1.12. The highest BCUT2D eigenvalue weighted by Crippen LogP contribution is 2.17. The molecular weight excluding hydrogens is 420 g/mol. The number of halogens is 1. The normalized spacial score (nSPS) is 10.3. The van der Waals surface area contributed by atoms with Crippen LogP contribution in [0, 0.1) is 11.3 Å². The minimum Gasteiger partial charge on any atom is -0.333 e. The van der Waals surface area contributed by atoms with Crippen molar-refractivity contribution in [2.75, 3.05) is 5.32 Å². The lowest BCUT2D eigenvalue weighted by atomic mass is 10.1. The van der Waals surface area contributed by atoms with Crippen LogP contribution in [0.25, 0.3) is 0 Å². The molecule has 0 saturated heterocycles. The largest absolute Gasteiger partial charge is 0.333 e. The molecule has 0 aliphatic heterocycles. The van der Waals surface area contributed by atoms with Gasteiger partial charge in [0.25, 0.3) is 0 Å².